The second-order valence-electron chi connectivity index (χ2n) is 3.51. The van der Waals surface area contributed by atoms with Crippen molar-refractivity contribution in [2.45, 2.75) is 20.0 Å². The lowest BCUT2D eigenvalue weighted by molar-refractivity contribution is -0.150. The van der Waals surface area contributed by atoms with Crippen LogP contribution >= 0.6 is 0 Å². The monoisotopic (exact) mass is 252 g/mol. The molecular weight excluding hydrogens is 236 g/mol. The normalized spacial score (nSPS) is 11.5. The van der Waals surface area contributed by atoms with Crippen molar-refractivity contribution in [1.29, 1.82) is 0 Å². The third-order valence-electron chi connectivity index (χ3n) is 2.26. The Morgan fingerprint density at radius 2 is 2.17 bits per heavy atom. The molecule has 1 aromatic rings. The first-order chi connectivity index (χ1) is 8.63. The highest BCUT2D eigenvalue weighted by Gasteiger charge is 2.19. The van der Waals surface area contributed by atoms with Gasteiger partial charge in [-0.05, 0) is 26.0 Å². The highest BCUT2D eigenvalue weighted by Crippen LogP contribution is 2.30. The molecule has 5 heteroatoms. The molecule has 98 valence electrons. The molecule has 1 atom stereocenters. The summed E-state index contributed by atoms with van der Waals surface area (Å²) in [6.07, 6.45) is -0.0958. The minimum absolute atomic E-state index is 0.290. The maximum absolute atomic E-state index is 11.4. The molecule has 0 saturated carbocycles. The summed E-state index contributed by atoms with van der Waals surface area (Å²) in [6.45, 7) is 3.58. The first kappa shape index (κ1) is 14.0. The van der Waals surface area contributed by atoms with Crippen LogP contribution in [-0.4, -0.2) is 32.1 Å². The summed E-state index contributed by atoms with van der Waals surface area (Å²) >= 11 is 0. The third kappa shape index (κ3) is 3.23. The quantitative estimate of drug-likeness (QED) is 0.571. The Labute approximate surface area is 106 Å². The van der Waals surface area contributed by atoms with Gasteiger partial charge in [0.15, 0.2) is 23.9 Å². The molecule has 5 nitrogen and oxygen atoms in total. The summed E-state index contributed by atoms with van der Waals surface area (Å²) in [4.78, 5) is 22.3. The summed E-state index contributed by atoms with van der Waals surface area (Å²) in [5.74, 6) is 0.183. The zero-order chi connectivity index (χ0) is 13.5. The molecule has 0 spiro atoms. The van der Waals surface area contributed by atoms with E-state index < -0.39 is 12.1 Å². The number of carbonyl (C=O) groups is 2. The van der Waals surface area contributed by atoms with E-state index >= 15 is 0 Å². The molecular formula is C13H16O5. The van der Waals surface area contributed by atoms with E-state index in [1.54, 1.807) is 32.0 Å². The number of methoxy groups -OCH3 is 1. The fourth-order valence-electron chi connectivity index (χ4n) is 1.44. The lowest BCUT2D eigenvalue weighted by atomic mass is 10.2. The fraction of sp³-hybridized carbons (Fsp3) is 0.385. The molecule has 18 heavy (non-hydrogen) atoms. The van der Waals surface area contributed by atoms with Crippen LogP contribution in [0.4, 0.5) is 0 Å². The van der Waals surface area contributed by atoms with E-state index in [-0.39, 0.29) is 6.61 Å². The van der Waals surface area contributed by atoms with Crippen molar-refractivity contribution in [2.24, 2.45) is 0 Å². The van der Waals surface area contributed by atoms with E-state index in [1.165, 1.54) is 7.11 Å². The average molecular weight is 252 g/mol. The van der Waals surface area contributed by atoms with Crippen LogP contribution in [0.2, 0.25) is 0 Å². The van der Waals surface area contributed by atoms with E-state index in [1.807, 2.05) is 0 Å². The number of rotatable bonds is 6. The largest absolute Gasteiger partial charge is 0.492 e. The van der Waals surface area contributed by atoms with Crippen LogP contribution in [0.15, 0.2) is 18.2 Å². The summed E-state index contributed by atoms with van der Waals surface area (Å²) in [6, 6.07) is 4.88. The van der Waals surface area contributed by atoms with Gasteiger partial charge in [0.1, 0.15) is 0 Å². The van der Waals surface area contributed by atoms with Gasteiger partial charge >= 0.3 is 5.97 Å². The molecule has 0 heterocycles. The highest BCUT2D eigenvalue weighted by atomic mass is 16.6. The van der Waals surface area contributed by atoms with Gasteiger partial charge < -0.3 is 14.2 Å². The van der Waals surface area contributed by atoms with Crippen LogP contribution in [0.25, 0.3) is 0 Å². The fourth-order valence-corrected chi connectivity index (χ4v) is 1.44. The summed E-state index contributed by atoms with van der Waals surface area (Å²) in [5, 5.41) is 0. The van der Waals surface area contributed by atoms with Gasteiger partial charge in [-0.15, -0.1) is 0 Å². The molecule has 0 bridgehead atoms. The number of aldehydes is 1. The minimum Gasteiger partial charge on any atom is -0.492 e. The van der Waals surface area contributed by atoms with Crippen molar-refractivity contribution >= 4 is 12.3 Å². The van der Waals surface area contributed by atoms with Crippen molar-refractivity contribution in [1.82, 2.24) is 0 Å². The van der Waals surface area contributed by atoms with Crippen LogP contribution in [-0.2, 0) is 9.53 Å². The topological polar surface area (TPSA) is 61.8 Å². The van der Waals surface area contributed by atoms with E-state index in [9.17, 15) is 9.59 Å². The minimum atomic E-state index is -0.763. The number of ether oxygens (including phenoxy) is 3. The first-order valence-electron chi connectivity index (χ1n) is 5.59. The van der Waals surface area contributed by atoms with Gasteiger partial charge in [0.05, 0.1) is 19.3 Å². The molecule has 0 aliphatic rings. The summed E-state index contributed by atoms with van der Waals surface area (Å²) in [7, 11) is 1.43. The van der Waals surface area contributed by atoms with E-state index in [4.69, 9.17) is 14.2 Å². The number of hydrogen-bond donors (Lipinski definition) is 0. The van der Waals surface area contributed by atoms with Crippen molar-refractivity contribution in [3.8, 4) is 11.5 Å². The molecule has 0 N–H and O–H groups in total. The molecule has 0 fully saturated rings. The Morgan fingerprint density at radius 1 is 1.44 bits per heavy atom. The van der Waals surface area contributed by atoms with Crippen LogP contribution in [0.5, 0.6) is 11.5 Å². The van der Waals surface area contributed by atoms with E-state index in [2.05, 4.69) is 0 Å². The first-order valence-corrected chi connectivity index (χ1v) is 5.59. The molecule has 0 amide bonds. The number of hydrogen-bond acceptors (Lipinski definition) is 5. The van der Waals surface area contributed by atoms with E-state index in [0.717, 1.165) is 0 Å². The Hall–Kier alpha value is -2.04. The summed E-state index contributed by atoms with van der Waals surface area (Å²) < 4.78 is 15.4. The van der Waals surface area contributed by atoms with Gasteiger partial charge in [0, 0.05) is 0 Å². The Bertz CT molecular complexity index is 427. The third-order valence-corrected chi connectivity index (χ3v) is 2.26. The van der Waals surface area contributed by atoms with Crippen LogP contribution in [0.3, 0.4) is 0 Å². The van der Waals surface area contributed by atoms with Crippen LogP contribution < -0.4 is 9.47 Å². The molecule has 0 unspecified atom stereocenters. The Balaban J connectivity index is 2.90. The molecule has 0 aliphatic carbocycles. The van der Waals surface area contributed by atoms with Gasteiger partial charge in [-0.2, -0.15) is 0 Å². The maximum atomic E-state index is 11.4. The molecule has 0 radical (unpaired) electrons. The standard InChI is InChI=1S/C13H16O5/c1-4-17-13(15)9(2)18-11-7-5-6-10(8-14)12(11)16-3/h5-9H,4H2,1-3H3/t9-/m0/s1. The molecule has 0 aromatic heterocycles. The second-order valence-corrected chi connectivity index (χ2v) is 3.51. The molecule has 0 aliphatic heterocycles. The average Bonchev–Trinajstić information content (AvgIpc) is 2.38. The zero-order valence-corrected chi connectivity index (χ0v) is 10.6. The number of esters is 1. The molecule has 0 saturated heterocycles. The maximum Gasteiger partial charge on any atom is 0.347 e. The van der Waals surface area contributed by atoms with Crippen molar-refractivity contribution < 1.29 is 23.8 Å². The predicted octanol–water partition coefficient (Wildman–Crippen LogP) is 1.84. The predicted molar refractivity (Wildman–Crippen MR) is 65.1 cm³/mol. The number of carbonyl (C=O) groups excluding carboxylic acids is 2. The van der Waals surface area contributed by atoms with Crippen molar-refractivity contribution in [3.05, 3.63) is 23.8 Å². The van der Waals surface area contributed by atoms with Crippen LogP contribution in [0.1, 0.15) is 24.2 Å². The van der Waals surface area contributed by atoms with Crippen molar-refractivity contribution in [3.63, 3.8) is 0 Å². The SMILES string of the molecule is CCOC(=O)[C@H](C)Oc1cccc(C=O)c1OC. The molecule has 1 aromatic carbocycles. The zero-order valence-electron chi connectivity index (χ0n) is 10.6. The lowest BCUT2D eigenvalue weighted by Crippen LogP contribution is -2.26. The van der Waals surface area contributed by atoms with Crippen molar-refractivity contribution in [2.75, 3.05) is 13.7 Å². The Kier molecular flexibility index (Phi) is 5.17. The number of benzene rings is 1. The van der Waals surface area contributed by atoms with Gasteiger partial charge in [0.25, 0.3) is 0 Å². The Morgan fingerprint density at radius 3 is 2.72 bits per heavy atom. The second kappa shape index (κ2) is 6.64. The van der Waals surface area contributed by atoms with Gasteiger partial charge in [-0.1, -0.05) is 6.07 Å². The molecule has 1 rings (SSSR count). The smallest absolute Gasteiger partial charge is 0.347 e. The van der Waals surface area contributed by atoms with E-state index in [0.29, 0.717) is 23.3 Å². The van der Waals surface area contributed by atoms with Crippen LogP contribution in [0, 0.1) is 0 Å². The van der Waals surface area contributed by atoms with Gasteiger partial charge in [-0.25, -0.2) is 4.79 Å². The number of para-hydroxylation sites is 1. The van der Waals surface area contributed by atoms with Gasteiger partial charge in [0.2, 0.25) is 0 Å². The van der Waals surface area contributed by atoms with Gasteiger partial charge in [-0.3, -0.25) is 4.79 Å². The summed E-state index contributed by atoms with van der Waals surface area (Å²) in [5.41, 5.74) is 0.367. The lowest BCUT2D eigenvalue weighted by Gasteiger charge is -2.16. The highest BCUT2D eigenvalue weighted by molar-refractivity contribution is 5.81.